The first kappa shape index (κ1) is 11.8. The van der Waals surface area contributed by atoms with Crippen LogP contribution in [0.3, 0.4) is 0 Å². The molecule has 1 aromatic rings. The fourth-order valence-corrected chi connectivity index (χ4v) is 2.03. The zero-order valence-electron chi connectivity index (χ0n) is 9.01. The number of nitrogens with one attached hydrogen (secondary N) is 1. The van der Waals surface area contributed by atoms with Crippen molar-refractivity contribution in [2.45, 2.75) is 32.7 Å². The van der Waals surface area contributed by atoms with Crippen LogP contribution in [-0.2, 0) is 0 Å². The van der Waals surface area contributed by atoms with E-state index >= 15 is 0 Å². The maximum atomic E-state index is 5.23. The van der Waals surface area contributed by atoms with E-state index in [4.69, 9.17) is 4.42 Å². The minimum Gasteiger partial charge on any atom is -0.457 e. The van der Waals surface area contributed by atoms with E-state index in [-0.39, 0.29) is 0 Å². The average Bonchev–Trinajstić information content (AvgIpc) is 2.53. The monoisotopic (exact) mass is 259 g/mol. The third-order valence-corrected chi connectivity index (χ3v) is 3.05. The van der Waals surface area contributed by atoms with Crippen LogP contribution >= 0.6 is 15.9 Å². The molecule has 14 heavy (non-hydrogen) atoms. The van der Waals surface area contributed by atoms with Crippen molar-refractivity contribution in [1.29, 1.82) is 0 Å². The van der Waals surface area contributed by atoms with Crippen molar-refractivity contribution in [2.24, 2.45) is 5.92 Å². The van der Waals surface area contributed by atoms with Gasteiger partial charge < -0.3 is 9.73 Å². The zero-order valence-corrected chi connectivity index (χ0v) is 10.6. The van der Waals surface area contributed by atoms with E-state index in [0.717, 1.165) is 17.0 Å². The van der Waals surface area contributed by atoms with Gasteiger partial charge in [0, 0.05) is 11.6 Å². The summed E-state index contributed by atoms with van der Waals surface area (Å²) in [7, 11) is 1.99. The number of hydrogen-bond donors (Lipinski definition) is 1. The Kier molecular flexibility index (Phi) is 4.69. The largest absolute Gasteiger partial charge is 0.457 e. The molecule has 0 fully saturated rings. The molecule has 0 spiro atoms. The molecule has 0 aliphatic heterocycles. The molecule has 1 atom stereocenters. The van der Waals surface area contributed by atoms with E-state index in [1.165, 1.54) is 12.0 Å². The lowest BCUT2D eigenvalue weighted by atomic mass is 10.00. The quantitative estimate of drug-likeness (QED) is 0.872. The molecule has 0 amide bonds. The van der Waals surface area contributed by atoms with Crippen LogP contribution in [-0.4, -0.2) is 7.05 Å². The molecule has 80 valence electrons. The first-order chi connectivity index (χ1) is 6.65. The van der Waals surface area contributed by atoms with E-state index in [1.807, 2.05) is 13.1 Å². The van der Waals surface area contributed by atoms with E-state index in [2.05, 4.69) is 35.1 Å². The fraction of sp³-hybridized carbons (Fsp3) is 0.636. The van der Waals surface area contributed by atoms with Gasteiger partial charge in [0.15, 0.2) is 4.67 Å². The van der Waals surface area contributed by atoms with Gasteiger partial charge >= 0.3 is 0 Å². The second-order valence-corrected chi connectivity index (χ2v) is 4.68. The molecule has 0 bridgehead atoms. The Bertz CT molecular complexity index is 270. The maximum Gasteiger partial charge on any atom is 0.173 e. The average molecular weight is 260 g/mol. The Morgan fingerprint density at radius 3 is 2.57 bits per heavy atom. The molecular weight excluding hydrogens is 242 g/mol. The number of rotatable bonds is 5. The van der Waals surface area contributed by atoms with E-state index in [0.29, 0.717) is 6.04 Å². The van der Waals surface area contributed by atoms with Crippen molar-refractivity contribution in [3.63, 3.8) is 0 Å². The molecule has 0 aromatic carbocycles. The lowest BCUT2D eigenvalue weighted by molar-refractivity contribution is 0.454. The molecule has 3 heteroatoms. The molecule has 0 saturated carbocycles. The number of hydrogen-bond acceptors (Lipinski definition) is 2. The summed E-state index contributed by atoms with van der Waals surface area (Å²) in [6.45, 7) is 4.49. The minimum absolute atomic E-state index is 0.394. The minimum atomic E-state index is 0.394. The van der Waals surface area contributed by atoms with Crippen molar-refractivity contribution in [2.75, 3.05) is 7.05 Å². The highest BCUT2D eigenvalue weighted by atomic mass is 79.9. The number of halogens is 1. The number of furan rings is 1. The summed E-state index contributed by atoms with van der Waals surface area (Å²) in [5.41, 5.74) is 1.22. The van der Waals surface area contributed by atoms with Gasteiger partial charge in [0.2, 0.25) is 0 Å². The molecule has 0 saturated heterocycles. The molecular formula is C11H18BrNO. The van der Waals surface area contributed by atoms with Gasteiger partial charge in [-0.05, 0) is 47.8 Å². The highest BCUT2D eigenvalue weighted by Gasteiger charge is 2.14. The fourth-order valence-electron chi connectivity index (χ4n) is 1.51. The molecule has 0 aliphatic carbocycles. The van der Waals surface area contributed by atoms with Crippen LogP contribution in [0.5, 0.6) is 0 Å². The molecule has 0 aliphatic rings. The van der Waals surface area contributed by atoms with Gasteiger partial charge in [-0.3, -0.25) is 0 Å². The van der Waals surface area contributed by atoms with E-state index in [1.54, 1.807) is 6.26 Å². The second kappa shape index (κ2) is 5.56. The summed E-state index contributed by atoms with van der Waals surface area (Å²) in [6.07, 6.45) is 4.09. The van der Waals surface area contributed by atoms with E-state index in [9.17, 15) is 0 Å². The van der Waals surface area contributed by atoms with Gasteiger partial charge in [-0.1, -0.05) is 13.8 Å². The van der Waals surface area contributed by atoms with Crippen LogP contribution in [0.4, 0.5) is 0 Å². The van der Waals surface area contributed by atoms with Gasteiger partial charge in [-0.25, -0.2) is 0 Å². The first-order valence-electron chi connectivity index (χ1n) is 5.05. The summed E-state index contributed by atoms with van der Waals surface area (Å²) in [5, 5.41) is 3.31. The third kappa shape index (κ3) is 3.14. The van der Waals surface area contributed by atoms with Crippen LogP contribution < -0.4 is 5.32 Å². The van der Waals surface area contributed by atoms with Crippen molar-refractivity contribution in [1.82, 2.24) is 5.32 Å². The molecule has 0 radical (unpaired) electrons. The Labute approximate surface area is 94.2 Å². The van der Waals surface area contributed by atoms with E-state index < -0.39 is 0 Å². The molecule has 1 N–H and O–H groups in total. The lowest BCUT2D eigenvalue weighted by Crippen LogP contribution is -2.16. The molecule has 1 rings (SSSR count). The summed E-state index contributed by atoms with van der Waals surface area (Å²) in [4.78, 5) is 0. The summed E-state index contributed by atoms with van der Waals surface area (Å²) in [6, 6.07) is 2.41. The highest BCUT2D eigenvalue weighted by Crippen LogP contribution is 2.28. The highest BCUT2D eigenvalue weighted by molar-refractivity contribution is 9.10. The van der Waals surface area contributed by atoms with Crippen LogP contribution in [0.25, 0.3) is 0 Å². The second-order valence-electron chi connectivity index (χ2n) is 3.96. The maximum absolute atomic E-state index is 5.23. The predicted molar refractivity (Wildman–Crippen MR) is 62.3 cm³/mol. The van der Waals surface area contributed by atoms with Gasteiger partial charge in [-0.2, -0.15) is 0 Å². The van der Waals surface area contributed by atoms with Gasteiger partial charge in [0.1, 0.15) is 0 Å². The Hall–Kier alpha value is -0.280. The van der Waals surface area contributed by atoms with Crippen molar-refractivity contribution < 1.29 is 4.42 Å². The third-order valence-electron chi connectivity index (χ3n) is 2.40. The van der Waals surface area contributed by atoms with Crippen molar-refractivity contribution in [3.05, 3.63) is 22.6 Å². The predicted octanol–water partition coefficient (Wildman–Crippen LogP) is 3.74. The van der Waals surface area contributed by atoms with Crippen LogP contribution in [0.15, 0.2) is 21.4 Å². The van der Waals surface area contributed by atoms with Crippen LogP contribution in [0.1, 0.15) is 38.3 Å². The van der Waals surface area contributed by atoms with Gasteiger partial charge in [0.05, 0.1) is 6.26 Å². The Morgan fingerprint density at radius 1 is 1.43 bits per heavy atom. The molecule has 1 heterocycles. The van der Waals surface area contributed by atoms with Crippen molar-refractivity contribution >= 4 is 15.9 Å². The SMILES string of the molecule is CNC(CCC(C)C)c1ccoc1Br. The zero-order chi connectivity index (χ0) is 10.6. The first-order valence-corrected chi connectivity index (χ1v) is 5.84. The molecule has 2 nitrogen and oxygen atoms in total. The topological polar surface area (TPSA) is 25.2 Å². The standard InChI is InChI=1S/C11H18BrNO/c1-8(2)4-5-10(13-3)9-6-7-14-11(9)12/h6-8,10,13H,4-5H2,1-3H3. The van der Waals surface area contributed by atoms with Gasteiger partial charge in [0.25, 0.3) is 0 Å². The van der Waals surface area contributed by atoms with Crippen molar-refractivity contribution in [3.8, 4) is 0 Å². The van der Waals surface area contributed by atoms with Crippen LogP contribution in [0, 0.1) is 5.92 Å². The summed E-state index contributed by atoms with van der Waals surface area (Å²) in [5.74, 6) is 0.747. The summed E-state index contributed by atoms with van der Waals surface area (Å²) < 4.78 is 6.08. The van der Waals surface area contributed by atoms with Gasteiger partial charge in [-0.15, -0.1) is 0 Å². The molecule has 1 unspecified atom stereocenters. The Balaban J connectivity index is 2.58. The molecule has 1 aromatic heterocycles. The summed E-state index contributed by atoms with van der Waals surface area (Å²) >= 11 is 3.41. The van der Waals surface area contributed by atoms with Crippen LogP contribution in [0.2, 0.25) is 0 Å². The lowest BCUT2D eigenvalue weighted by Gasteiger charge is -2.16. The Morgan fingerprint density at radius 2 is 2.14 bits per heavy atom. The smallest absolute Gasteiger partial charge is 0.173 e. The normalized spacial score (nSPS) is 13.5.